The fourth-order valence-electron chi connectivity index (χ4n) is 2.26. The molecule has 3 unspecified atom stereocenters. The zero-order valence-electron chi connectivity index (χ0n) is 11.2. The van der Waals surface area contributed by atoms with Gasteiger partial charge in [-0.25, -0.2) is 4.98 Å². The van der Waals surface area contributed by atoms with Crippen LogP contribution >= 0.6 is 0 Å². The second-order valence-corrected chi connectivity index (χ2v) is 5.18. The van der Waals surface area contributed by atoms with E-state index < -0.39 is 0 Å². The van der Waals surface area contributed by atoms with E-state index in [0.717, 1.165) is 25.1 Å². The highest BCUT2D eigenvalue weighted by Crippen LogP contribution is 2.17. The Labute approximate surface area is 107 Å². The van der Waals surface area contributed by atoms with E-state index in [0.29, 0.717) is 11.8 Å². The van der Waals surface area contributed by atoms with E-state index in [9.17, 15) is 4.79 Å². The van der Waals surface area contributed by atoms with Crippen LogP contribution in [0.25, 0.3) is 0 Å². The lowest BCUT2D eigenvalue weighted by Gasteiger charge is -2.27. The third-order valence-corrected chi connectivity index (χ3v) is 3.35. The molecule has 5 nitrogen and oxygen atoms in total. The Morgan fingerprint density at radius 2 is 2.44 bits per heavy atom. The molecular formula is C13H21N3O2. The van der Waals surface area contributed by atoms with Gasteiger partial charge in [-0.05, 0) is 39.2 Å². The molecule has 1 amide bonds. The monoisotopic (exact) mass is 251 g/mol. The number of carbonyl (C=O) groups is 1. The number of piperidine rings is 1. The van der Waals surface area contributed by atoms with Gasteiger partial charge in [-0.15, -0.1) is 0 Å². The Bertz CT molecular complexity index is 416. The normalized spacial score (nSPS) is 25.7. The quantitative estimate of drug-likeness (QED) is 0.855. The van der Waals surface area contributed by atoms with E-state index in [2.05, 4.69) is 22.5 Å². The molecular weight excluding hydrogens is 230 g/mol. The van der Waals surface area contributed by atoms with Crippen LogP contribution in [0.15, 0.2) is 10.6 Å². The van der Waals surface area contributed by atoms with E-state index in [-0.39, 0.29) is 18.0 Å². The number of aromatic nitrogens is 1. The number of rotatable bonds is 3. The van der Waals surface area contributed by atoms with Crippen LogP contribution in [0.3, 0.4) is 0 Å². The Balaban J connectivity index is 1.90. The molecule has 18 heavy (non-hydrogen) atoms. The SMILES string of the molecule is Cc1cnc(C(C)NC(=O)C2CC(C)CCN2)o1. The minimum atomic E-state index is -0.190. The molecule has 1 fully saturated rings. The van der Waals surface area contributed by atoms with E-state index >= 15 is 0 Å². The molecule has 0 bridgehead atoms. The zero-order chi connectivity index (χ0) is 13.1. The number of amides is 1. The molecule has 0 radical (unpaired) electrons. The molecule has 5 heteroatoms. The van der Waals surface area contributed by atoms with Gasteiger partial charge in [-0.3, -0.25) is 4.79 Å². The minimum Gasteiger partial charge on any atom is -0.444 e. The molecule has 3 atom stereocenters. The number of nitrogens with zero attached hydrogens (tertiary/aromatic N) is 1. The molecule has 0 spiro atoms. The van der Waals surface area contributed by atoms with E-state index in [1.165, 1.54) is 0 Å². The Morgan fingerprint density at radius 3 is 3.06 bits per heavy atom. The lowest BCUT2D eigenvalue weighted by molar-refractivity contribution is -0.124. The first-order valence-electron chi connectivity index (χ1n) is 6.52. The Hall–Kier alpha value is -1.36. The van der Waals surface area contributed by atoms with Crippen LogP contribution in [0.5, 0.6) is 0 Å². The van der Waals surface area contributed by atoms with Crippen molar-refractivity contribution in [2.75, 3.05) is 6.54 Å². The summed E-state index contributed by atoms with van der Waals surface area (Å²) in [6, 6.07) is -0.280. The van der Waals surface area contributed by atoms with Gasteiger partial charge in [-0.2, -0.15) is 0 Å². The van der Waals surface area contributed by atoms with Crippen LogP contribution in [0, 0.1) is 12.8 Å². The fourth-order valence-corrected chi connectivity index (χ4v) is 2.26. The van der Waals surface area contributed by atoms with Crippen molar-refractivity contribution in [2.45, 2.75) is 45.7 Å². The molecule has 2 rings (SSSR count). The van der Waals surface area contributed by atoms with E-state index in [1.54, 1.807) is 6.20 Å². The number of carbonyl (C=O) groups excluding carboxylic acids is 1. The minimum absolute atomic E-state index is 0.0323. The first kappa shape index (κ1) is 13.1. The van der Waals surface area contributed by atoms with Gasteiger partial charge in [-0.1, -0.05) is 6.92 Å². The van der Waals surface area contributed by atoms with Crippen LogP contribution in [-0.2, 0) is 4.79 Å². The summed E-state index contributed by atoms with van der Waals surface area (Å²) in [6.07, 6.45) is 3.69. The number of aryl methyl sites for hydroxylation is 1. The van der Waals surface area contributed by atoms with Crippen molar-refractivity contribution in [3.63, 3.8) is 0 Å². The third-order valence-electron chi connectivity index (χ3n) is 3.35. The van der Waals surface area contributed by atoms with Crippen molar-refractivity contribution in [3.05, 3.63) is 17.8 Å². The standard InChI is InChI=1S/C13H21N3O2/c1-8-4-5-14-11(6-8)12(17)16-10(3)13-15-7-9(2)18-13/h7-8,10-11,14H,4-6H2,1-3H3,(H,16,17). The lowest BCUT2D eigenvalue weighted by Crippen LogP contribution is -2.48. The van der Waals surface area contributed by atoms with Gasteiger partial charge in [0.25, 0.3) is 0 Å². The Kier molecular flexibility index (Phi) is 4.01. The van der Waals surface area contributed by atoms with Crippen LogP contribution in [0.4, 0.5) is 0 Å². The van der Waals surface area contributed by atoms with Crippen LogP contribution in [0.1, 0.15) is 44.4 Å². The third kappa shape index (κ3) is 3.10. The second kappa shape index (κ2) is 5.52. The molecule has 0 aromatic carbocycles. The summed E-state index contributed by atoms with van der Waals surface area (Å²) in [5.41, 5.74) is 0. The van der Waals surface area contributed by atoms with Gasteiger partial charge in [0.05, 0.1) is 12.2 Å². The number of hydrogen-bond donors (Lipinski definition) is 2. The Morgan fingerprint density at radius 1 is 1.67 bits per heavy atom. The molecule has 1 aliphatic rings. The summed E-state index contributed by atoms with van der Waals surface area (Å²) in [5.74, 6) is 1.95. The van der Waals surface area contributed by atoms with Gasteiger partial charge in [0.15, 0.2) is 0 Å². The highest BCUT2D eigenvalue weighted by atomic mass is 16.4. The smallest absolute Gasteiger partial charge is 0.237 e. The number of oxazole rings is 1. The number of hydrogen-bond acceptors (Lipinski definition) is 4. The predicted molar refractivity (Wildman–Crippen MR) is 68.0 cm³/mol. The molecule has 1 aliphatic heterocycles. The average molecular weight is 251 g/mol. The summed E-state index contributed by atoms with van der Waals surface area (Å²) < 4.78 is 5.41. The van der Waals surface area contributed by atoms with Crippen molar-refractivity contribution >= 4 is 5.91 Å². The maximum absolute atomic E-state index is 12.1. The summed E-state index contributed by atoms with van der Waals surface area (Å²) in [7, 11) is 0. The summed E-state index contributed by atoms with van der Waals surface area (Å²) in [6.45, 7) is 6.82. The molecule has 100 valence electrons. The molecule has 0 aliphatic carbocycles. The van der Waals surface area contributed by atoms with Crippen molar-refractivity contribution < 1.29 is 9.21 Å². The van der Waals surface area contributed by atoms with Gasteiger partial charge in [0.1, 0.15) is 11.8 Å². The van der Waals surface area contributed by atoms with Gasteiger partial charge in [0.2, 0.25) is 11.8 Å². The lowest BCUT2D eigenvalue weighted by atomic mass is 9.94. The fraction of sp³-hybridized carbons (Fsp3) is 0.692. The second-order valence-electron chi connectivity index (χ2n) is 5.18. The zero-order valence-corrected chi connectivity index (χ0v) is 11.2. The van der Waals surface area contributed by atoms with Gasteiger partial charge < -0.3 is 15.1 Å². The van der Waals surface area contributed by atoms with E-state index in [4.69, 9.17) is 4.42 Å². The molecule has 1 aromatic rings. The molecule has 2 heterocycles. The first-order chi connectivity index (χ1) is 8.56. The summed E-state index contributed by atoms with van der Waals surface area (Å²) in [5, 5.41) is 6.19. The van der Waals surface area contributed by atoms with Gasteiger partial charge in [0, 0.05) is 0 Å². The van der Waals surface area contributed by atoms with Crippen molar-refractivity contribution in [1.29, 1.82) is 0 Å². The predicted octanol–water partition coefficient (Wildman–Crippen LogP) is 1.55. The maximum atomic E-state index is 12.1. The highest BCUT2D eigenvalue weighted by Gasteiger charge is 2.26. The van der Waals surface area contributed by atoms with Crippen molar-refractivity contribution in [3.8, 4) is 0 Å². The summed E-state index contributed by atoms with van der Waals surface area (Å²) in [4.78, 5) is 16.2. The summed E-state index contributed by atoms with van der Waals surface area (Å²) >= 11 is 0. The highest BCUT2D eigenvalue weighted by molar-refractivity contribution is 5.82. The average Bonchev–Trinajstić information content (AvgIpc) is 2.76. The molecule has 1 saturated heterocycles. The van der Waals surface area contributed by atoms with Crippen molar-refractivity contribution in [1.82, 2.24) is 15.6 Å². The van der Waals surface area contributed by atoms with Crippen LogP contribution in [0.2, 0.25) is 0 Å². The molecule has 0 saturated carbocycles. The van der Waals surface area contributed by atoms with Gasteiger partial charge >= 0.3 is 0 Å². The van der Waals surface area contributed by atoms with E-state index in [1.807, 2.05) is 13.8 Å². The maximum Gasteiger partial charge on any atom is 0.237 e. The van der Waals surface area contributed by atoms with Crippen LogP contribution < -0.4 is 10.6 Å². The topological polar surface area (TPSA) is 67.2 Å². The number of nitrogens with one attached hydrogen (secondary N) is 2. The first-order valence-corrected chi connectivity index (χ1v) is 6.52. The molecule has 1 aromatic heterocycles. The molecule has 2 N–H and O–H groups in total. The van der Waals surface area contributed by atoms with Crippen molar-refractivity contribution in [2.24, 2.45) is 5.92 Å². The van der Waals surface area contributed by atoms with Crippen LogP contribution in [-0.4, -0.2) is 23.5 Å². The largest absolute Gasteiger partial charge is 0.444 e.